The van der Waals surface area contributed by atoms with E-state index in [-0.39, 0.29) is 18.3 Å². The smallest absolute Gasteiger partial charge is 0.266 e. The summed E-state index contributed by atoms with van der Waals surface area (Å²) in [7, 11) is -1.96. The fraction of sp³-hybridized carbons (Fsp3) is 0.500. The minimum absolute atomic E-state index is 0.0289. The van der Waals surface area contributed by atoms with Gasteiger partial charge in [0, 0.05) is 12.6 Å². The Bertz CT molecular complexity index is 436. The Morgan fingerprint density at radius 1 is 1.32 bits per heavy atom. The third-order valence-corrected chi connectivity index (χ3v) is 3.20. The van der Waals surface area contributed by atoms with Crippen molar-refractivity contribution in [3.05, 3.63) is 35.9 Å². The molecular formula is C12H22N2O4S. The van der Waals surface area contributed by atoms with Gasteiger partial charge in [-0.15, -0.1) is 0 Å². The minimum Gasteiger partial charge on any atom is -0.387 e. The van der Waals surface area contributed by atoms with Crippen molar-refractivity contribution in [2.45, 2.75) is 19.1 Å². The molecule has 0 bridgehead atoms. The molecule has 0 heterocycles. The van der Waals surface area contributed by atoms with Crippen LogP contribution in [0.2, 0.25) is 0 Å². The molecule has 7 heteroatoms. The zero-order valence-corrected chi connectivity index (χ0v) is 12.0. The zero-order valence-electron chi connectivity index (χ0n) is 11.2. The van der Waals surface area contributed by atoms with Crippen molar-refractivity contribution >= 4 is 10.1 Å². The van der Waals surface area contributed by atoms with Gasteiger partial charge in [0.1, 0.15) is 0 Å². The van der Waals surface area contributed by atoms with E-state index in [9.17, 15) is 13.5 Å². The fourth-order valence-electron chi connectivity index (χ4n) is 1.25. The van der Waals surface area contributed by atoms with Gasteiger partial charge in [0.05, 0.1) is 11.9 Å². The van der Waals surface area contributed by atoms with E-state index in [2.05, 4.69) is 5.32 Å². The van der Waals surface area contributed by atoms with Gasteiger partial charge < -0.3 is 16.2 Å². The van der Waals surface area contributed by atoms with E-state index in [1.165, 1.54) is 0 Å². The molecule has 0 saturated heterocycles. The van der Waals surface area contributed by atoms with Crippen LogP contribution in [-0.2, 0) is 10.1 Å². The monoisotopic (exact) mass is 290 g/mol. The van der Waals surface area contributed by atoms with E-state index < -0.39 is 16.2 Å². The molecule has 0 aromatic heterocycles. The van der Waals surface area contributed by atoms with Crippen LogP contribution in [0.5, 0.6) is 0 Å². The fourth-order valence-corrected chi connectivity index (χ4v) is 1.54. The van der Waals surface area contributed by atoms with Crippen LogP contribution in [0.25, 0.3) is 0 Å². The summed E-state index contributed by atoms with van der Waals surface area (Å²) in [4.78, 5) is 0. The van der Waals surface area contributed by atoms with Crippen LogP contribution in [0.15, 0.2) is 30.3 Å². The van der Waals surface area contributed by atoms with Gasteiger partial charge in [-0.05, 0) is 19.5 Å². The Hall–Kier alpha value is -0.990. The number of benzene rings is 1. The number of aliphatic hydroxyl groups excluding tert-OH is 1. The number of nitrogens with one attached hydrogen (secondary N) is 1. The summed E-state index contributed by atoms with van der Waals surface area (Å²) in [5.41, 5.74) is 5.73. The van der Waals surface area contributed by atoms with Gasteiger partial charge in [0.2, 0.25) is 0 Å². The molecule has 0 spiro atoms. The molecule has 0 radical (unpaired) electrons. The molecule has 2 atom stereocenters. The molecule has 0 amide bonds. The maximum Gasteiger partial charge on any atom is 0.266 e. The molecular weight excluding hydrogens is 268 g/mol. The van der Waals surface area contributed by atoms with Gasteiger partial charge in [0.25, 0.3) is 10.1 Å². The summed E-state index contributed by atoms with van der Waals surface area (Å²) in [5, 5.41) is 12.7. The van der Waals surface area contributed by atoms with E-state index >= 15 is 0 Å². The number of rotatable bonds is 5. The van der Waals surface area contributed by atoms with Crippen LogP contribution >= 0.6 is 0 Å². The molecule has 0 unspecified atom stereocenters. The summed E-state index contributed by atoms with van der Waals surface area (Å²) < 4.78 is 27.3. The summed E-state index contributed by atoms with van der Waals surface area (Å²) in [6.45, 7) is 1.93. The molecule has 110 valence electrons. The topological polar surface area (TPSA) is 113 Å². The second-order valence-corrected chi connectivity index (χ2v) is 5.58. The zero-order chi connectivity index (χ0) is 14.9. The van der Waals surface area contributed by atoms with Gasteiger partial charge >= 0.3 is 0 Å². The molecule has 19 heavy (non-hydrogen) atoms. The molecule has 0 aliphatic carbocycles. The molecule has 0 saturated carbocycles. The van der Waals surface area contributed by atoms with E-state index in [1.807, 2.05) is 44.3 Å². The molecule has 1 rings (SSSR count). The molecule has 6 nitrogen and oxygen atoms in total. The lowest BCUT2D eigenvalue weighted by Gasteiger charge is -2.17. The molecule has 1 aromatic carbocycles. The highest BCUT2D eigenvalue weighted by atomic mass is 32.2. The van der Waals surface area contributed by atoms with Gasteiger partial charge in [-0.2, -0.15) is 8.42 Å². The Morgan fingerprint density at radius 3 is 2.16 bits per heavy atom. The summed E-state index contributed by atoms with van der Waals surface area (Å²) in [5.74, 6) is -0.354. The number of hydrogen-bond donors (Lipinski definition) is 4. The van der Waals surface area contributed by atoms with Crippen molar-refractivity contribution in [1.82, 2.24) is 5.32 Å². The number of aliphatic hydroxyl groups is 1. The van der Waals surface area contributed by atoms with Crippen molar-refractivity contribution in [2.75, 3.05) is 19.3 Å². The van der Waals surface area contributed by atoms with Crippen LogP contribution in [0, 0.1) is 0 Å². The maximum absolute atomic E-state index is 9.73. The Morgan fingerprint density at radius 2 is 1.84 bits per heavy atom. The maximum atomic E-state index is 9.73. The highest BCUT2D eigenvalue weighted by Crippen LogP contribution is 2.15. The van der Waals surface area contributed by atoms with Crippen molar-refractivity contribution in [1.29, 1.82) is 0 Å². The standard InChI is InChI=1S/C10H15NO.C2H7NO3S/c1-8(11-2)10(12)9-6-4-3-5-7-9;3-1-2-7(4,5)6/h3-8,10-12H,1-2H3;1-3H2,(H,4,5,6)/t8-,10+;/m0./s1. The molecule has 0 aliphatic rings. The van der Waals surface area contributed by atoms with Gasteiger partial charge in [0.15, 0.2) is 0 Å². The predicted octanol–water partition coefficient (Wildman–Crippen LogP) is 0.161. The van der Waals surface area contributed by atoms with Gasteiger partial charge in [-0.25, -0.2) is 0 Å². The third kappa shape index (κ3) is 8.68. The molecule has 5 N–H and O–H groups in total. The van der Waals surface area contributed by atoms with E-state index in [0.717, 1.165) is 5.56 Å². The second kappa shape index (κ2) is 9.00. The van der Waals surface area contributed by atoms with Crippen LogP contribution in [-0.4, -0.2) is 43.5 Å². The quantitative estimate of drug-likeness (QED) is 0.575. The summed E-state index contributed by atoms with van der Waals surface area (Å²) >= 11 is 0. The largest absolute Gasteiger partial charge is 0.387 e. The third-order valence-electron chi connectivity index (χ3n) is 2.45. The molecule has 0 aliphatic heterocycles. The van der Waals surface area contributed by atoms with Crippen LogP contribution in [0.4, 0.5) is 0 Å². The van der Waals surface area contributed by atoms with Crippen LogP contribution in [0.3, 0.4) is 0 Å². The normalized spacial score (nSPS) is 14.2. The van der Waals surface area contributed by atoms with Crippen molar-refractivity contribution in [2.24, 2.45) is 5.73 Å². The Balaban J connectivity index is 0.000000399. The van der Waals surface area contributed by atoms with Crippen LogP contribution < -0.4 is 11.1 Å². The average Bonchev–Trinajstić information content (AvgIpc) is 2.37. The highest BCUT2D eigenvalue weighted by molar-refractivity contribution is 7.85. The lowest BCUT2D eigenvalue weighted by Crippen LogP contribution is -2.28. The van der Waals surface area contributed by atoms with Gasteiger partial charge in [-0.1, -0.05) is 30.3 Å². The Labute approximate surface area is 114 Å². The van der Waals surface area contributed by atoms with Crippen molar-refractivity contribution < 1.29 is 18.1 Å². The van der Waals surface area contributed by atoms with E-state index in [1.54, 1.807) is 0 Å². The minimum atomic E-state index is -3.80. The number of hydrogen-bond acceptors (Lipinski definition) is 5. The second-order valence-electron chi connectivity index (χ2n) is 4.01. The summed E-state index contributed by atoms with van der Waals surface area (Å²) in [6, 6.07) is 9.76. The van der Waals surface area contributed by atoms with Gasteiger partial charge in [-0.3, -0.25) is 4.55 Å². The molecule has 1 aromatic rings. The first-order chi connectivity index (χ1) is 8.81. The van der Waals surface area contributed by atoms with E-state index in [0.29, 0.717) is 0 Å². The first-order valence-corrected chi connectivity index (χ1v) is 7.48. The lowest BCUT2D eigenvalue weighted by molar-refractivity contribution is 0.140. The van der Waals surface area contributed by atoms with Crippen molar-refractivity contribution in [3.63, 3.8) is 0 Å². The summed E-state index contributed by atoms with van der Waals surface area (Å²) in [6.07, 6.45) is -0.420. The number of nitrogens with two attached hydrogens (primary N) is 1. The predicted molar refractivity (Wildman–Crippen MR) is 75.4 cm³/mol. The first-order valence-electron chi connectivity index (χ1n) is 5.87. The number of likely N-dealkylation sites (N-methyl/N-ethyl adjacent to an activating group) is 1. The van der Waals surface area contributed by atoms with E-state index in [4.69, 9.17) is 10.3 Å². The Kier molecular flexibility index (Phi) is 8.53. The first kappa shape index (κ1) is 18.0. The lowest BCUT2D eigenvalue weighted by atomic mass is 10.0. The highest BCUT2D eigenvalue weighted by Gasteiger charge is 2.12. The van der Waals surface area contributed by atoms with Crippen LogP contribution in [0.1, 0.15) is 18.6 Å². The van der Waals surface area contributed by atoms with Crippen molar-refractivity contribution in [3.8, 4) is 0 Å². The molecule has 0 fully saturated rings. The average molecular weight is 290 g/mol. The SMILES string of the molecule is CN[C@@H](C)[C@@H](O)c1ccccc1.NCCS(=O)(=O)O.